The van der Waals surface area contributed by atoms with E-state index in [4.69, 9.17) is 4.42 Å². The van der Waals surface area contributed by atoms with Crippen LogP contribution in [0.15, 0.2) is 23.1 Å². The summed E-state index contributed by atoms with van der Waals surface area (Å²) in [4.78, 5) is 2.53. The van der Waals surface area contributed by atoms with Crippen LogP contribution >= 0.6 is 0 Å². The number of allylic oxidation sites excluding steroid dienone is 1. The topological polar surface area (TPSA) is 28.4 Å². The van der Waals surface area contributed by atoms with Crippen molar-refractivity contribution in [2.24, 2.45) is 0 Å². The van der Waals surface area contributed by atoms with Crippen LogP contribution in [0.1, 0.15) is 36.0 Å². The van der Waals surface area contributed by atoms with Gasteiger partial charge < -0.3 is 9.73 Å². The fraction of sp³-hybridized carbons (Fsp3) is 0.600. The molecular weight excluding hydrogens is 224 g/mol. The minimum Gasteiger partial charge on any atom is -0.464 e. The molecule has 3 nitrogen and oxygen atoms in total. The number of rotatable bonds is 5. The molecule has 1 aliphatic heterocycles. The number of piperazine rings is 1. The second-order valence-electron chi connectivity index (χ2n) is 5.06. The van der Waals surface area contributed by atoms with Gasteiger partial charge in [0.1, 0.15) is 11.5 Å². The lowest BCUT2D eigenvalue weighted by molar-refractivity contribution is 0.146. The zero-order valence-electron chi connectivity index (χ0n) is 11.5. The summed E-state index contributed by atoms with van der Waals surface area (Å²) in [6.07, 6.45) is 4.13. The Labute approximate surface area is 110 Å². The molecule has 2 heterocycles. The summed E-state index contributed by atoms with van der Waals surface area (Å²) in [5, 5.41) is 3.40. The van der Waals surface area contributed by atoms with E-state index in [1.54, 1.807) is 0 Å². The second kappa shape index (κ2) is 6.21. The van der Waals surface area contributed by atoms with Crippen molar-refractivity contribution < 1.29 is 4.42 Å². The summed E-state index contributed by atoms with van der Waals surface area (Å²) < 4.78 is 5.93. The van der Waals surface area contributed by atoms with Crippen molar-refractivity contribution in [3.8, 4) is 0 Å². The van der Waals surface area contributed by atoms with Crippen molar-refractivity contribution in [1.29, 1.82) is 0 Å². The summed E-state index contributed by atoms with van der Waals surface area (Å²) in [5.74, 6) is 2.16. The van der Waals surface area contributed by atoms with Gasteiger partial charge in [-0.3, -0.25) is 4.90 Å². The van der Waals surface area contributed by atoms with Gasteiger partial charge in [0.2, 0.25) is 0 Å². The molecular formula is C15H24N2O. The van der Waals surface area contributed by atoms with E-state index in [0.717, 1.165) is 50.5 Å². The Morgan fingerprint density at radius 2 is 2.17 bits per heavy atom. The number of hydrogen-bond acceptors (Lipinski definition) is 3. The highest BCUT2D eigenvalue weighted by Gasteiger charge is 2.24. The second-order valence-corrected chi connectivity index (χ2v) is 5.06. The first-order valence-electron chi connectivity index (χ1n) is 6.85. The van der Waals surface area contributed by atoms with E-state index in [9.17, 15) is 0 Å². The largest absolute Gasteiger partial charge is 0.464 e. The maximum atomic E-state index is 5.93. The average molecular weight is 248 g/mol. The molecule has 1 saturated heterocycles. The Bertz CT molecular complexity index is 372. The third-order valence-corrected chi connectivity index (χ3v) is 3.75. The van der Waals surface area contributed by atoms with Gasteiger partial charge in [0.05, 0.1) is 6.04 Å². The molecule has 2 rings (SSSR count). The van der Waals surface area contributed by atoms with Gasteiger partial charge >= 0.3 is 0 Å². The molecule has 0 unspecified atom stereocenters. The van der Waals surface area contributed by atoms with E-state index >= 15 is 0 Å². The van der Waals surface area contributed by atoms with Gasteiger partial charge in [0.15, 0.2) is 0 Å². The van der Waals surface area contributed by atoms with E-state index in [0.29, 0.717) is 6.04 Å². The van der Waals surface area contributed by atoms with Crippen LogP contribution in [0.4, 0.5) is 0 Å². The van der Waals surface area contributed by atoms with Crippen molar-refractivity contribution in [2.75, 3.05) is 26.2 Å². The fourth-order valence-corrected chi connectivity index (χ4v) is 2.54. The molecule has 0 amide bonds. The van der Waals surface area contributed by atoms with Gasteiger partial charge in [0.25, 0.3) is 0 Å². The highest BCUT2D eigenvalue weighted by molar-refractivity contribution is 5.21. The van der Waals surface area contributed by atoms with E-state index in [1.165, 1.54) is 5.56 Å². The standard InChI is InChI=1S/C15H24N2O/c1-4-5-6-14(17-9-7-16-8-10-17)15-11-12(2)13(3)18-15/h4,11,14,16H,1,5-10H2,2-3H3/t14-/m0/s1. The Morgan fingerprint density at radius 1 is 1.44 bits per heavy atom. The zero-order chi connectivity index (χ0) is 13.0. The first kappa shape index (κ1) is 13.4. The fourth-order valence-electron chi connectivity index (χ4n) is 2.54. The zero-order valence-corrected chi connectivity index (χ0v) is 11.5. The van der Waals surface area contributed by atoms with Crippen molar-refractivity contribution in [1.82, 2.24) is 10.2 Å². The molecule has 0 aliphatic carbocycles. The van der Waals surface area contributed by atoms with Crippen LogP contribution in [0.5, 0.6) is 0 Å². The lowest BCUT2D eigenvalue weighted by Crippen LogP contribution is -2.45. The molecule has 1 aliphatic rings. The van der Waals surface area contributed by atoms with Crippen molar-refractivity contribution in [2.45, 2.75) is 32.7 Å². The first-order valence-corrected chi connectivity index (χ1v) is 6.85. The lowest BCUT2D eigenvalue weighted by Gasteiger charge is -2.33. The number of aryl methyl sites for hydroxylation is 2. The Hall–Kier alpha value is -1.06. The van der Waals surface area contributed by atoms with Crippen LogP contribution in [0.2, 0.25) is 0 Å². The molecule has 18 heavy (non-hydrogen) atoms. The van der Waals surface area contributed by atoms with Crippen molar-refractivity contribution >= 4 is 0 Å². The summed E-state index contributed by atoms with van der Waals surface area (Å²) in [6, 6.07) is 2.60. The number of furan rings is 1. The summed E-state index contributed by atoms with van der Waals surface area (Å²) in [5.41, 5.74) is 1.25. The molecule has 1 N–H and O–H groups in total. The molecule has 100 valence electrons. The molecule has 1 fully saturated rings. The molecule has 1 aromatic heterocycles. The van der Waals surface area contributed by atoms with Gasteiger partial charge in [-0.05, 0) is 38.3 Å². The van der Waals surface area contributed by atoms with Gasteiger partial charge in [-0.1, -0.05) is 6.08 Å². The van der Waals surface area contributed by atoms with Crippen LogP contribution in [0.3, 0.4) is 0 Å². The predicted octanol–water partition coefficient (Wildman–Crippen LogP) is 2.81. The first-order chi connectivity index (χ1) is 8.72. The lowest BCUT2D eigenvalue weighted by atomic mass is 10.1. The minimum atomic E-state index is 0.400. The van der Waals surface area contributed by atoms with Crippen molar-refractivity contribution in [3.05, 3.63) is 35.8 Å². The molecule has 1 aromatic rings. The Balaban J connectivity index is 2.14. The normalized spacial score (nSPS) is 18.8. The number of nitrogens with zero attached hydrogens (tertiary/aromatic N) is 1. The molecule has 3 heteroatoms. The number of hydrogen-bond donors (Lipinski definition) is 1. The molecule has 0 bridgehead atoms. The quantitative estimate of drug-likeness (QED) is 0.812. The van der Waals surface area contributed by atoms with Crippen LogP contribution in [-0.4, -0.2) is 31.1 Å². The smallest absolute Gasteiger partial charge is 0.121 e. The van der Waals surface area contributed by atoms with E-state index in [-0.39, 0.29) is 0 Å². The third kappa shape index (κ3) is 3.03. The summed E-state index contributed by atoms with van der Waals surface area (Å²) in [6.45, 7) is 12.3. The summed E-state index contributed by atoms with van der Waals surface area (Å²) >= 11 is 0. The highest BCUT2D eigenvalue weighted by Crippen LogP contribution is 2.29. The van der Waals surface area contributed by atoms with Gasteiger partial charge in [-0.15, -0.1) is 6.58 Å². The van der Waals surface area contributed by atoms with Crippen LogP contribution in [0, 0.1) is 13.8 Å². The van der Waals surface area contributed by atoms with Crippen molar-refractivity contribution in [3.63, 3.8) is 0 Å². The predicted molar refractivity (Wildman–Crippen MR) is 74.8 cm³/mol. The molecule has 0 radical (unpaired) electrons. The van der Waals surface area contributed by atoms with E-state index < -0.39 is 0 Å². The molecule has 1 atom stereocenters. The molecule has 0 aromatic carbocycles. The van der Waals surface area contributed by atoms with Gasteiger partial charge in [0, 0.05) is 26.2 Å². The maximum Gasteiger partial charge on any atom is 0.121 e. The molecule has 0 saturated carbocycles. The van der Waals surface area contributed by atoms with Crippen LogP contribution < -0.4 is 5.32 Å². The highest BCUT2D eigenvalue weighted by atomic mass is 16.3. The minimum absolute atomic E-state index is 0.400. The van der Waals surface area contributed by atoms with Gasteiger partial charge in [-0.2, -0.15) is 0 Å². The number of nitrogens with one attached hydrogen (secondary N) is 1. The Kier molecular flexibility index (Phi) is 4.61. The third-order valence-electron chi connectivity index (χ3n) is 3.75. The average Bonchev–Trinajstić information content (AvgIpc) is 2.71. The molecule has 0 spiro atoms. The SMILES string of the molecule is C=CCC[C@@H](c1cc(C)c(C)o1)N1CCNCC1. The van der Waals surface area contributed by atoms with Gasteiger partial charge in [-0.25, -0.2) is 0 Å². The van der Waals surface area contributed by atoms with E-state index in [2.05, 4.69) is 29.8 Å². The van der Waals surface area contributed by atoms with E-state index in [1.807, 2.05) is 13.0 Å². The monoisotopic (exact) mass is 248 g/mol. The Morgan fingerprint density at radius 3 is 2.72 bits per heavy atom. The van der Waals surface area contributed by atoms with Crippen LogP contribution in [0.25, 0.3) is 0 Å². The maximum absolute atomic E-state index is 5.93. The van der Waals surface area contributed by atoms with Crippen LogP contribution in [-0.2, 0) is 0 Å². The summed E-state index contributed by atoms with van der Waals surface area (Å²) in [7, 11) is 0.